The lowest BCUT2D eigenvalue weighted by molar-refractivity contribution is 0.517. The van der Waals surface area contributed by atoms with Crippen LogP contribution in [0.1, 0.15) is 20.8 Å². The van der Waals surface area contributed by atoms with E-state index in [-0.39, 0.29) is 0 Å². The molecule has 1 heterocycles. The number of thioether (sulfide) groups is 1. The Bertz CT molecular complexity index is 273. The van der Waals surface area contributed by atoms with Gasteiger partial charge in [-0.15, -0.1) is 5.10 Å². The van der Waals surface area contributed by atoms with Crippen LogP contribution in [0.15, 0.2) is 5.16 Å². The molecule has 0 saturated carbocycles. The molecule has 0 aromatic carbocycles. The van der Waals surface area contributed by atoms with Crippen molar-refractivity contribution in [3.05, 3.63) is 0 Å². The van der Waals surface area contributed by atoms with E-state index >= 15 is 0 Å². The van der Waals surface area contributed by atoms with Gasteiger partial charge in [0.15, 0.2) is 0 Å². The van der Waals surface area contributed by atoms with Crippen molar-refractivity contribution < 1.29 is 0 Å². The first-order valence-corrected chi connectivity index (χ1v) is 6.32. The van der Waals surface area contributed by atoms with E-state index in [1.54, 1.807) is 11.8 Å². The molecule has 0 atom stereocenters. The molecule has 1 aromatic heterocycles. The highest BCUT2D eigenvalue weighted by atomic mass is 32.2. The molecule has 86 valence electrons. The highest BCUT2D eigenvalue weighted by Crippen LogP contribution is 2.16. The molecular formula is C9H19N5S. The molecule has 6 heteroatoms. The summed E-state index contributed by atoms with van der Waals surface area (Å²) >= 11 is 1.72. The van der Waals surface area contributed by atoms with Gasteiger partial charge in [-0.05, 0) is 22.9 Å². The van der Waals surface area contributed by atoms with Crippen LogP contribution >= 0.6 is 11.8 Å². The molecule has 0 aliphatic heterocycles. The zero-order valence-corrected chi connectivity index (χ0v) is 10.4. The Hall–Kier alpha value is -0.620. The molecule has 0 saturated heterocycles. The number of hydrogen-bond acceptors (Lipinski definition) is 5. The third-order valence-corrected chi connectivity index (χ3v) is 3.18. The van der Waals surface area contributed by atoms with Crippen LogP contribution in [0.5, 0.6) is 0 Å². The van der Waals surface area contributed by atoms with Crippen LogP contribution in [0.3, 0.4) is 0 Å². The van der Waals surface area contributed by atoms with Gasteiger partial charge in [0.1, 0.15) is 0 Å². The third kappa shape index (κ3) is 4.61. The van der Waals surface area contributed by atoms with Crippen molar-refractivity contribution in [1.29, 1.82) is 0 Å². The highest BCUT2D eigenvalue weighted by Gasteiger charge is 2.06. The van der Waals surface area contributed by atoms with Gasteiger partial charge in [-0.2, -0.15) is 0 Å². The normalized spacial score (nSPS) is 11.2. The van der Waals surface area contributed by atoms with Gasteiger partial charge in [-0.3, -0.25) is 0 Å². The third-order valence-electron chi connectivity index (χ3n) is 1.80. The summed E-state index contributed by atoms with van der Waals surface area (Å²) in [6.45, 7) is 9.21. The van der Waals surface area contributed by atoms with Crippen LogP contribution in [-0.2, 0) is 6.54 Å². The molecule has 0 unspecified atom stereocenters. The van der Waals surface area contributed by atoms with Gasteiger partial charge in [-0.1, -0.05) is 32.5 Å². The Morgan fingerprint density at radius 3 is 2.93 bits per heavy atom. The fraction of sp³-hybridized carbons (Fsp3) is 0.889. The van der Waals surface area contributed by atoms with Gasteiger partial charge >= 0.3 is 0 Å². The van der Waals surface area contributed by atoms with Gasteiger partial charge in [0, 0.05) is 12.3 Å². The minimum Gasteiger partial charge on any atom is -0.315 e. The summed E-state index contributed by atoms with van der Waals surface area (Å²) < 4.78 is 1.86. The molecular weight excluding hydrogens is 210 g/mol. The number of nitrogens with one attached hydrogen (secondary N) is 1. The van der Waals surface area contributed by atoms with Crippen LogP contribution in [0.25, 0.3) is 0 Å². The molecule has 0 spiro atoms. The Balaban J connectivity index is 2.39. The largest absolute Gasteiger partial charge is 0.315 e. The van der Waals surface area contributed by atoms with Crippen LogP contribution < -0.4 is 5.32 Å². The van der Waals surface area contributed by atoms with E-state index in [1.807, 2.05) is 4.68 Å². The van der Waals surface area contributed by atoms with Gasteiger partial charge in [0.25, 0.3) is 0 Å². The maximum absolute atomic E-state index is 4.00. The number of rotatable bonds is 7. The van der Waals surface area contributed by atoms with E-state index < -0.39 is 0 Å². The Kier molecular flexibility index (Phi) is 5.63. The summed E-state index contributed by atoms with van der Waals surface area (Å²) in [6.07, 6.45) is 0. The smallest absolute Gasteiger partial charge is 0.209 e. The Labute approximate surface area is 95.0 Å². The average molecular weight is 229 g/mol. The molecule has 0 amide bonds. The van der Waals surface area contributed by atoms with Gasteiger partial charge in [-0.25, -0.2) is 4.68 Å². The molecule has 0 aliphatic carbocycles. The van der Waals surface area contributed by atoms with E-state index in [0.29, 0.717) is 5.92 Å². The standard InChI is InChI=1S/C9H19N5S/c1-4-10-5-6-14-9(11-12-13-14)15-7-8(2)3/h8,10H,4-7H2,1-3H3. The highest BCUT2D eigenvalue weighted by molar-refractivity contribution is 7.99. The van der Waals surface area contributed by atoms with E-state index in [1.165, 1.54) is 0 Å². The molecule has 5 nitrogen and oxygen atoms in total. The van der Waals surface area contributed by atoms with Crippen molar-refractivity contribution >= 4 is 11.8 Å². The fourth-order valence-corrected chi connectivity index (χ4v) is 1.90. The Morgan fingerprint density at radius 2 is 2.27 bits per heavy atom. The number of nitrogens with zero attached hydrogens (tertiary/aromatic N) is 4. The fourth-order valence-electron chi connectivity index (χ4n) is 1.04. The molecule has 0 radical (unpaired) electrons. The zero-order valence-electron chi connectivity index (χ0n) is 9.60. The van der Waals surface area contributed by atoms with Crippen LogP contribution in [0.4, 0.5) is 0 Å². The summed E-state index contributed by atoms with van der Waals surface area (Å²) in [7, 11) is 0. The maximum Gasteiger partial charge on any atom is 0.209 e. The van der Waals surface area contributed by atoms with Crippen molar-refractivity contribution in [2.75, 3.05) is 18.8 Å². The monoisotopic (exact) mass is 229 g/mol. The first-order valence-electron chi connectivity index (χ1n) is 5.33. The van der Waals surface area contributed by atoms with Gasteiger partial charge in [0.2, 0.25) is 5.16 Å². The summed E-state index contributed by atoms with van der Waals surface area (Å²) in [5, 5.41) is 15.8. The lowest BCUT2D eigenvalue weighted by Crippen LogP contribution is -2.20. The molecule has 0 bridgehead atoms. The van der Waals surface area contributed by atoms with E-state index in [2.05, 4.69) is 41.6 Å². The van der Waals surface area contributed by atoms with E-state index in [4.69, 9.17) is 0 Å². The quantitative estimate of drug-likeness (QED) is 0.559. The molecule has 15 heavy (non-hydrogen) atoms. The topological polar surface area (TPSA) is 55.6 Å². The summed E-state index contributed by atoms with van der Waals surface area (Å²) in [5.41, 5.74) is 0. The first kappa shape index (κ1) is 12.4. The number of hydrogen-bond donors (Lipinski definition) is 1. The lowest BCUT2D eigenvalue weighted by atomic mass is 10.3. The predicted molar refractivity (Wildman–Crippen MR) is 61.9 cm³/mol. The minimum absolute atomic E-state index is 0.661. The van der Waals surface area contributed by atoms with Gasteiger partial charge < -0.3 is 5.32 Å². The van der Waals surface area contributed by atoms with Gasteiger partial charge in [0.05, 0.1) is 6.54 Å². The summed E-state index contributed by atoms with van der Waals surface area (Å²) in [4.78, 5) is 0. The summed E-state index contributed by atoms with van der Waals surface area (Å²) in [6, 6.07) is 0. The second kappa shape index (κ2) is 6.79. The van der Waals surface area contributed by atoms with Crippen molar-refractivity contribution in [2.45, 2.75) is 32.5 Å². The first-order chi connectivity index (χ1) is 7.24. The zero-order chi connectivity index (χ0) is 11.1. The maximum atomic E-state index is 4.00. The van der Waals surface area contributed by atoms with Crippen LogP contribution in [0.2, 0.25) is 0 Å². The second-order valence-electron chi connectivity index (χ2n) is 3.74. The molecule has 1 N–H and O–H groups in total. The molecule has 0 fully saturated rings. The van der Waals surface area contributed by atoms with E-state index in [9.17, 15) is 0 Å². The lowest BCUT2D eigenvalue weighted by Gasteiger charge is -2.05. The van der Waals surface area contributed by atoms with E-state index in [0.717, 1.165) is 30.5 Å². The Morgan fingerprint density at radius 1 is 1.47 bits per heavy atom. The predicted octanol–water partition coefficient (Wildman–Crippen LogP) is 1.03. The second-order valence-corrected chi connectivity index (χ2v) is 4.73. The van der Waals surface area contributed by atoms with Crippen molar-refractivity contribution in [3.63, 3.8) is 0 Å². The van der Waals surface area contributed by atoms with Crippen LogP contribution in [-0.4, -0.2) is 39.0 Å². The number of tetrazole rings is 1. The number of aromatic nitrogens is 4. The van der Waals surface area contributed by atoms with Crippen molar-refractivity contribution in [1.82, 2.24) is 25.5 Å². The minimum atomic E-state index is 0.661. The summed E-state index contributed by atoms with van der Waals surface area (Å²) in [5.74, 6) is 1.72. The average Bonchev–Trinajstić information content (AvgIpc) is 2.63. The molecule has 1 aromatic rings. The van der Waals surface area contributed by atoms with Crippen molar-refractivity contribution in [2.24, 2.45) is 5.92 Å². The van der Waals surface area contributed by atoms with Crippen molar-refractivity contribution in [3.8, 4) is 0 Å². The number of likely N-dealkylation sites (N-methyl/N-ethyl adjacent to an activating group) is 1. The molecule has 1 rings (SSSR count). The molecule has 0 aliphatic rings. The SMILES string of the molecule is CCNCCn1nnnc1SCC(C)C. The van der Waals surface area contributed by atoms with Crippen LogP contribution in [0, 0.1) is 5.92 Å².